The third-order valence-electron chi connectivity index (χ3n) is 6.67. The molecule has 0 spiro atoms. The fraction of sp³-hybridized carbons (Fsp3) is 0.500. The van der Waals surface area contributed by atoms with Crippen LogP contribution in [0.25, 0.3) is 5.69 Å². The van der Waals surface area contributed by atoms with Crippen LogP contribution in [0.3, 0.4) is 0 Å². The van der Waals surface area contributed by atoms with Crippen LogP contribution in [-0.4, -0.2) is 70.1 Å². The summed E-state index contributed by atoms with van der Waals surface area (Å²) in [6.45, 7) is 4.94. The van der Waals surface area contributed by atoms with Gasteiger partial charge in [-0.15, -0.1) is 5.10 Å². The number of benzene rings is 1. The molecule has 0 saturated carbocycles. The molecular weight excluding hydrogens is 517 g/mol. The van der Waals surface area contributed by atoms with Crippen molar-refractivity contribution in [3.63, 3.8) is 0 Å². The summed E-state index contributed by atoms with van der Waals surface area (Å²) in [7, 11) is -3.89. The maximum absolute atomic E-state index is 12.9. The Hall–Kier alpha value is -2.93. The fourth-order valence-electron chi connectivity index (χ4n) is 4.40. The van der Waals surface area contributed by atoms with Crippen LogP contribution in [0.2, 0.25) is 0 Å². The van der Waals surface area contributed by atoms with Gasteiger partial charge < -0.3 is 29.4 Å². The van der Waals surface area contributed by atoms with Crippen molar-refractivity contribution in [2.45, 2.75) is 76.2 Å². The summed E-state index contributed by atoms with van der Waals surface area (Å²) in [6, 6.07) is 9.24. The molecule has 206 valence electrons. The van der Waals surface area contributed by atoms with Gasteiger partial charge in [-0.05, 0) is 25.5 Å². The van der Waals surface area contributed by atoms with E-state index in [1.165, 1.54) is 0 Å². The molecule has 1 saturated heterocycles. The second kappa shape index (κ2) is 11.4. The fourth-order valence-corrected chi connectivity index (χ4v) is 5.67. The van der Waals surface area contributed by atoms with Gasteiger partial charge in [0.15, 0.2) is 0 Å². The van der Waals surface area contributed by atoms with Gasteiger partial charge in [0.1, 0.15) is 18.3 Å². The van der Waals surface area contributed by atoms with E-state index >= 15 is 0 Å². The van der Waals surface area contributed by atoms with E-state index in [9.17, 15) is 29.3 Å². The lowest BCUT2D eigenvalue weighted by atomic mass is 9.98. The quantitative estimate of drug-likeness (QED) is 0.229. The number of aromatic nitrogens is 5. The molecule has 1 aromatic carbocycles. The summed E-state index contributed by atoms with van der Waals surface area (Å²) in [5, 5.41) is 29.7. The number of ether oxygens (including phenoxy) is 1. The molecular formula is C24H32N5O8P. The first-order valence-corrected chi connectivity index (χ1v) is 14.0. The Morgan fingerprint density at radius 3 is 2.55 bits per heavy atom. The van der Waals surface area contributed by atoms with Crippen LogP contribution >= 0.6 is 7.60 Å². The average Bonchev–Trinajstić information content (AvgIpc) is 3.44. The van der Waals surface area contributed by atoms with E-state index in [1.54, 1.807) is 31.6 Å². The summed E-state index contributed by atoms with van der Waals surface area (Å²) in [5.41, 5.74) is -0.808. The van der Waals surface area contributed by atoms with Gasteiger partial charge in [-0.2, -0.15) is 0 Å². The Morgan fingerprint density at radius 2 is 1.87 bits per heavy atom. The molecule has 13 nitrogen and oxygen atoms in total. The van der Waals surface area contributed by atoms with E-state index in [0.29, 0.717) is 12.1 Å². The van der Waals surface area contributed by atoms with E-state index in [1.807, 2.05) is 30.3 Å². The van der Waals surface area contributed by atoms with E-state index < -0.39 is 55.0 Å². The lowest BCUT2D eigenvalue weighted by Crippen LogP contribution is -2.35. The van der Waals surface area contributed by atoms with Gasteiger partial charge in [0.05, 0.1) is 41.0 Å². The summed E-state index contributed by atoms with van der Waals surface area (Å²) in [4.78, 5) is 39.8. The molecule has 5 N–H and O–H groups in total. The molecule has 0 aliphatic carbocycles. The maximum Gasteiger partial charge on any atom is 0.331 e. The van der Waals surface area contributed by atoms with Gasteiger partial charge in [0, 0.05) is 18.5 Å². The van der Waals surface area contributed by atoms with Crippen molar-refractivity contribution in [3.8, 4) is 5.69 Å². The first-order valence-electron chi connectivity index (χ1n) is 12.3. The third-order valence-corrected chi connectivity index (χ3v) is 8.81. The molecule has 4 unspecified atom stereocenters. The topological polar surface area (TPSA) is 193 Å². The SMILES string of the molecule is CCC(C)P(=O)(O)OC(C)C[C@H]1O[C@@H](c2c(Cc3cn(-c4ccccc4)nn3)[nH]c(=O)[nH]c2=O)[C@@H](O)C1O. The lowest BCUT2D eigenvalue weighted by Gasteiger charge is -2.24. The minimum Gasteiger partial charge on any atom is -0.388 e. The number of aromatic amines is 2. The minimum absolute atomic E-state index is 0.00319. The zero-order chi connectivity index (χ0) is 27.6. The predicted molar refractivity (Wildman–Crippen MR) is 136 cm³/mol. The summed E-state index contributed by atoms with van der Waals surface area (Å²) >= 11 is 0. The Labute approximate surface area is 218 Å². The molecule has 38 heavy (non-hydrogen) atoms. The van der Waals surface area contributed by atoms with Crippen LogP contribution in [-0.2, 0) is 20.2 Å². The largest absolute Gasteiger partial charge is 0.388 e. The van der Waals surface area contributed by atoms with Crippen molar-refractivity contribution >= 4 is 7.60 Å². The molecule has 0 amide bonds. The Kier molecular flexibility index (Phi) is 8.46. The van der Waals surface area contributed by atoms with Crippen LogP contribution in [0.4, 0.5) is 0 Å². The molecule has 4 rings (SSSR count). The summed E-state index contributed by atoms with van der Waals surface area (Å²) in [5.74, 6) is 0. The molecule has 2 aromatic heterocycles. The molecule has 1 aliphatic heterocycles. The van der Waals surface area contributed by atoms with Crippen LogP contribution in [0.5, 0.6) is 0 Å². The predicted octanol–water partition coefficient (Wildman–Crippen LogP) is 1.18. The molecule has 3 aromatic rings. The third kappa shape index (κ3) is 6.04. The van der Waals surface area contributed by atoms with E-state index in [4.69, 9.17) is 9.26 Å². The maximum atomic E-state index is 12.9. The molecule has 14 heteroatoms. The number of hydrogen-bond acceptors (Lipinski definition) is 9. The lowest BCUT2D eigenvalue weighted by molar-refractivity contribution is -0.0159. The van der Waals surface area contributed by atoms with Crippen LogP contribution in [0.1, 0.15) is 56.7 Å². The van der Waals surface area contributed by atoms with Gasteiger partial charge in [-0.1, -0.05) is 37.3 Å². The highest BCUT2D eigenvalue weighted by Gasteiger charge is 2.46. The van der Waals surface area contributed by atoms with Gasteiger partial charge in [-0.3, -0.25) is 14.3 Å². The van der Waals surface area contributed by atoms with Crippen molar-refractivity contribution < 1.29 is 28.9 Å². The van der Waals surface area contributed by atoms with Crippen LogP contribution in [0.15, 0.2) is 46.1 Å². The Balaban J connectivity index is 1.56. The molecule has 1 aliphatic rings. The van der Waals surface area contributed by atoms with Gasteiger partial charge >= 0.3 is 13.3 Å². The highest BCUT2D eigenvalue weighted by atomic mass is 31.2. The van der Waals surface area contributed by atoms with E-state index in [0.717, 1.165) is 5.69 Å². The number of rotatable bonds is 10. The smallest absolute Gasteiger partial charge is 0.331 e. The zero-order valence-corrected chi connectivity index (χ0v) is 22.1. The standard InChI is InChI=1S/C24H32N5O8P/c1-4-14(3)38(34,35)37-13(2)10-18-20(30)21(31)22(36-18)19-17(25-24(33)26-23(19)32)11-15-12-29(28-27-15)16-8-6-5-7-9-16/h5-9,12-14,18,20-22,30-31H,4,10-11H2,1-3H3,(H,34,35)(H2,25,26,32,33)/t13?,14?,18-,20?,21+,22+/m1/s1. The number of nitrogens with zero attached hydrogens (tertiary/aromatic N) is 3. The second-order valence-electron chi connectivity index (χ2n) is 9.52. The number of para-hydroxylation sites is 1. The summed E-state index contributed by atoms with van der Waals surface area (Å²) in [6.07, 6.45) is -3.91. The molecule has 7 atom stereocenters. The van der Waals surface area contributed by atoms with Crippen LogP contribution < -0.4 is 11.2 Å². The van der Waals surface area contributed by atoms with Crippen molar-refractivity contribution in [1.29, 1.82) is 0 Å². The van der Waals surface area contributed by atoms with Gasteiger partial charge in [0.25, 0.3) is 5.56 Å². The average molecular weight is 550 g/mol. The molecule has 0 bridgehead atoms. The van der Waals surface area contributed by atoms with Crippen molar-refractivity contribution in [2.75, 3.05) is 0 Å². The van der Waals surface area contributed by atoms with Crippen molar-refractivity contribution in [1.82, 2.24) is 25.0 Å². The van der Waals surface area contributed by atoms with Crippen molar-refractivity contribution in [3.05, 3.63) is 74.3 Å². The molecule has 3 heterocycles. The number of H-pyrrole nitrogens is 2. The second-order valence-corrected chi connectivity index (χ2v) is 11.7. The number of hydrogen-bond donors (Lipinski definition) is 5. The minimum atomic E-state index is -3.89. The Morgan fingerprint density at radius 1 is 1.16 bits per heavy atom. The van der Waals surface area contributed by atoms with E-state index in [2.05, 4.69) is 20.3 Å². The van der Waals surface area contributed by atoms with Gasteiger partial charge in [0.2, 0.25) is 0 Å². The zero-order valence-electron chi connectivity index (χ0n) is 21.2. The van der Waals surface area contributed by atoms with Gasteiger partial charge in [-0.25, -0.2) is 9.48 Å². The summed E-state index contributed by atoms with van der Waals surface area (Å²) < 4.78 is 25.2. The first kappa shape index (κ1) is 28.1. The molecule has 1 fully saturated rings. The number of aliphatic hydroxyl groups excluding tert-OH is 2. The number of nitrogens with one attached hydrogen (secondary N) is 2. The Bertz CT molecular complexity index is 1410. The molecule has 0 radical (unpaired) electrons. The van der Waals surface area contributed by atoms with E-state index in [-0.39, 0.29) is 24.1 Å². The van der Waals surface area contributed by atoms with Crippen molar-refractivity contribution in [2.24, 2.45) is 0 Å². The monoisotopic (exact) mass is 549 g/mol. The first-order chi connectivity index (χ1) is 18.0. The highest BCUT2D eigenvalue weighted by Crippen LogP contribution is 2.50. The number of aliphatic hydroxyl groups is 2. The van der Waals surface area contributed by atoms with Crippen LogP contribution in [0, 0.1) is 0 Å². The normalized spacial score (nSPS) is 24.7. The highest BCUT2D eigenvalue weighted by molar-refractivity contribution is 7.53.